The number of hydrogen-bond donors (Lipinski definition) is 2. The molecule has 0 aliphatic carbocycles. The summed E-state index contributed by atoms with van der Waals surface area (Å²) in [5.41, 5.74) is 1.61. The zero-order valence-corrected chi connectivity index (χ0v) is 12.3. The molecule has 1 amide bonds. The molecule has 1 atom stereocenters. The van der Waals surface area contributed by atoms with E-state index in [1.54, 1.807) is 0 Å². The molecule has 0 saturated carbocycles. The number of carbonyl (C=O) groups is 1. The number of amides is 1. The summed E-state index contributed by atoms with van der Waals surface area (Å²) in [4.78, 5) is 11.7. The average molecular weight is 327 g/mol. The van der Waals surface area contributed by atoms with E-state index >= 15 is 0 Å². The van der Waals surface area contributed by atoms with Gasteiger partial charge in [0.25, 0.3) is 0 Å². The molecule has 0 bridgehead atoms. The van der Waals surface area contributed by atoms with E-state index in [1.807, 2.05) is 6.92 Å². The Morgan fingerprint density at radius 2 is 1.95 bits per heavy atom. The number of anilines is 1. The highest BCUT2D eigenvalue weighted by Crippen LogP contribution is 2.42. The first kappa shape index (κ1) is 15.0. The van der Waals surface area contributed by atoms with Crippen molar-refractivity contribution in [2.75, 3.05) is 11.1 Å². The van der Waals surface area contributed by atoms with Crippen molar-refractivity contribution in [2.45, 2.75) is 18.3 Å². The third kappa shape index (κ3) is 2.70. The fourth-order valence-corrected chi connectivity index (χ4v) is 3.57. The molecule has 1 aliphatic rings. The van der Waals surface area contributed by atoms with Gasteiger partial charge >= 0.3 is 6.18 Å². The monoisotopic (exact) mass is 327 g/mol. The quantitative estimate of drug-likeness (QED) is 0.843. The first-order valence-corrected chi connectivity index (χ1v) is 7.54. The van der Waals surface area contributed by atoms with Gasteiger partial charge in [-0.15, -0.1) is 11.8 Å². The van der Waals surface area contributed by atoms with Crippen LogP contribution in [0.1, 0.15) is 27.6 Å². The predicted molar refractivity (Wildman–Crippen MR) is 77.7 cm³/mol. The maximum absolute atomic E-state index is 12.7. The van der Waals surface area contributed by atoms with Gasteiger partial charge in [0, 0.05) is 11.3 Å². The molecule has 2 N–H and O–H groups in total. The number of H-pyrrole nitrogens is 1. The fraction of sp³-hybridized carbons (Fsp3) is 0.286. The van der Waals surface area contributed by atoms with Crippen LogP contribution in [0.2, 0.25) is 0 Å². The van der Waals surface area contributed by atoms with Crippen molar-refractivity contribution in [3.05, 3.63) is 46.6 Å². The minimum atomic E-state index is -4.36. The molecule has 1 aromatic carbocycles. The second-order valence-corrected chi connectivity index (χ2v) is 6.06. The molecular weight excluding hydrogens is 315 g/mol. The van der Waals surface area contributed by atoms with Crippen LogP contribution in [0.15, 0.2) is 24.3 Å². The van der Waals surface area contributed by atoms with E-state index in [4.69, 9.17) is 0 Å². The first-order chi connectivity index (χ1) is 10.4. The topological polar surface area (TPSA) is 57.8 Å². The molecule has 0 fully saturated rings. The largest absolute Gasteiger partial charge is 0.416 e. The Morgan fingerprint density at radius 3 is 2.59 bits per heavy atom. The smallest absolute Gasteiger partial charge is 0.308 e. The maximum Gasteiger partial charge on any atom is 0.416 e. The number of aryl methyl sites for hydroxylation is 1. The van der Waals surface area contributed by atoms with Crippen LogP contribution in [0.4, 0.5) is 19.0 Å². The fourth-order valence-electron chi connectivity index (χ4n) is 2.37. The van der Waals surface area contributed by atoms with Crippen molar-refractivity contribution >= 4 is 23.5 Å². The summed E-state index contributed by atoms with van der Waals surface area (Å²) in [6, 6.07) is 5.02. The molecule has 0 spiro atoms. The molecule has 8 heteroatoms. The van der Waals surface area contributed by atoms with Gasteiger partial charge in [-0.3, -0.25) is 9.89 Å². The molecule has 22 heavy (non-hydrogen) atoms. The lowest BCUT2D eigenvalue weighted by Gasteiger charge is -2.16. The van der Waals surface area contributed by atoms with Crippen LogP contribution in [0.25, 0.3) is 0 Å². The van der Waals surface area contributed by atoms with E-state index in [-0.39, 0.29) is 16.9 Å². The molecule has 4 nitrogen and oxygen atoms in total. The molecule has 1 aromatic heterocycles. The number of fused-ring (bicyclic) bond motifs is 1. The summed E-state index contributed by atoms with van der Waals surface area (Å²) < 4.78 is 38.0. The van der Waals surface area contributed by atoms with E-state index in [9.17, 15) is 18.0 Å². The van der Waals surface area contributed by atoms with Crippen molar-refractivity contribution in [3.8, 4) is 0 Å². The minimum absolute atomic E-state index is 0.174. The highest BCUT2D eigenvalue weighted by Gasteiger charge is 2.32. The predicted octanol–water partition coefficient (Wildman–Crippen LogP) is 3.51. The molecule has 116 valence electrons. The van der Waals surface area contributed by atoms with Crippen molar-refractivity contribution in [3.63, 3.8) is 0 Å². The van der Waals surface area contributed by atoms with Gasteiger partial charge in [-0.05, 0) is 24.6 Å². The average Bonchev–Trinajstić information content (AvgIpc) is 2.71. The van der Waals surface area contributed by atoms with Crippen LogP contribution in [0.5, 0.6) is 0 Å². The van der Waals surface area contributed by atoms with Crippen LogP contribution in [-0.2, 0) is 11.0 Å². The van der Waals surface area contributed by atoms with Crippen LogP contribution < -0.4 is 5.32 Å². The summed E-state index contributed by atoms with van der Waals surface area (Å²) in [7, 11) is 0. The number of aromatic nitrogens is 2. The number of aromatic amines is 1. The Labute approximate surface area is 128 Å². The maximum atomic E-state index is 12.7. The minimum Gasteiger partial charge on any atom is -0.308 e. The van der Waals surface area contributed by atoms with Gasteiger partial charge in [0.1, 0.15) is 0 Å². The van der Waals surface area contributed by atoms with Crippen LogP contribution in [0.3, 0.4) is 0 Å². The molecule has 2 heterocycles. The van der Waals surface area contributed by atoms with Crippen molar-refractivity contribution in [1.82, 2.24) is 10.2 Å². The number of halogens is 3. The first-order valence-electron chi connectivity index (χ1n) is 6.49. The Kier molecular flexibility index (Phi) is 3.64. The summed E-state index contributed by atoms with van der Waals surface area (Å²) in [6.45, 7) is 1.82. The van der Waals surface area contributed by atoms with Crippen molar-refractivity contribution in [2.24, 2.45) is 0 Å². The van der Waals surface area contributed by atoms with E-state index in [0.29, 0.717) is 11.4 Å². The molecule has 0 saturated heterocycles. The second kappa shape index (κ2) is 5.35. The van der Waals surface area contributed by atoms with E-state index in [2.05, 4.69) is 15.5 Å². The Balaban J connectivity index is 2.00. The van der Waals surface area contributed by atoms with Gasteiger partial charge in [0.15, 0.2) is 5.82 Å². The number of hydrogen-bond acceptors (Lipinski definition) is 3. The van der Waals surface area contributed by atoms with Crippen LogP contribution >= 0.6 is 11.8 Å². The van der Waals surface area contributed by atoms with Gasteiger partial charge in [0.2, 0.25) is 5.91 Å². The van der Waals surface area contributed by atoms with E-state index < -0.39 is 11.7 Å². The molecule has 0 unspecified atom stereocenters. The van der Waals surface area contributed by atoms with Gasteiger partial charge in [-0.25, -0.2) is 0 Å². The second-order valence-electron chi connectivity index (χ2n) is 4.97. The third-order valence-corrected chi connectivity index (χ3v) is 4.71. The van der Waals surface area contributed by atoms with E-state index in [1.165, 1.54) is 23.9 Å². The highest BCUT2D eigenvalue weighted by atomic mass is 32.2. The third-order valence-electron chi connectivity index (χ3n) is 3.44. The molecule has 3 rings (SSSR count). The van der Waals surface area contributed by atoms with Crippen LogP contribution in [0, 0.1) is 6.92 Å². The lowest BCUT2D eigenvalue weighted by atomic mass is 10.0. The number of rotatable bonds is 1. The lowest BCUT2D eigenvalue weighted by molar-refractivity contribution is -0.137. The van der Waals surface area contributed by atoms with Crippen LogP contribution in [-0.4, -0.2) is 21.9 Å². The molecular formula is C14H12F3N3OS. The van der Waals surface area contributed by atoms with E-state index in [0.717, 1.165) is 23.4 Å². The van der Waals surface area contributed by atoms with Gasteiger partial charge in [-0.2, -0.15) is 18.3 Å². The normalized spacial score (nSPS) is 18.5. The Morgan fingerprint density at radius 1 is 1.27 bits per heavy atom. The zero-order chi connectivity index (χ0) is 15.9. The number of benzene rings is 1. The molecule has 2 aromatic rings. The number of thioether (sulfide) groups is 1. The zero-order valence-electron chi connectivity index (χ0n) is 11.5. The Bertz CT molecular complexity index is 709. The number of nitrogens with zero attached hydrogens (tertiary/aromatic N) is 1. The lowest BCUT2D eigenvalue weighted by Crippen LogP contribution is -2.12. The molecule has 1 aliphatic heterocycles. The number of alkyl halides is 3. The summed E-state index contributed by atoms with van der Waals surface area (Å²) in [5, 5.41) is 9.31. The van der Waals surface area contributed by atoms with Crippen molar-refractivity contribution < 1.29 is 18.0 Å². The standard InChI is InChI=1S/C14H12F3N3OS/c1-7-11-12(22-6-10(21)18-13(11)20-19-7)8-2-4-9(5-3-8)14(15,16)17/h2-5,12H,6H2,1H3,(H2,18,19,20,21)/t12-/m1/s1. The number of nitrogens with one attached hydrogen (secondary N) is 2. The highest BCUT2D eigenvalue weighted by molar-refractivity contribution is 8.00. The Hall–Kier alpha value is -1.96. The molecule has 0 radical (unpaired) electrons. The van der Waals surface area contributed by atoms with Gasteiger partial charge in [0.05, 0.1) is 16.6 Å². The van der Waals surface area contributed by atoms with Gasteiger partial charge < -0.3 is 5.32 Å². The van der Waals surface area contributed by atoms with Gasteiger partial charge in [-0.1, -0.05) is 12.1 Å². The summed E-state index contributed by atoms with van der Waals surface area (Å²) in [6.07, 6.45) is -4.36. The number of carbonyl (C=O) groups excluding carboxylic acids is 1. The SMILES string of the molecule is Cc1[nH]nc2c1[C@@H](c1ccc(C(F)(F)F)cc1)SCC(=O)N2. The summed E-state index contributed by atoms with van der Waals surface area (Å²) >= 11 is 1.37. The van der Waals surface area contributed by atoms with Crippen molar-refractivity contribution in [1.29, 1.82) is 0 Å². The summed E-state index contributed by atoms with van der Waals surface area (Å²) in [5.74, 6) is 0.492.